The van der Waals surface area contributed by atoms with Crippen LogP contribution in [-0.4, -0.2) is 7.11 Å². The van der Waals surface area contributed by atoms with Gasteiger partial charge in [-0.15, -0.1) is 0 Å². The lowest BCUT2D eigenvalue weighted by Gasteiger charge is -2.20. The van der Waals surface area contributed by atoms with Gasteiger partial charge in [0.05, 0.1) is 7.11 Å². The van der Waals surface area contributed by atoms with E-state index in [4.69, 9.17) is 4.74 Å². The van der Waals surface area contributed by atoms with Crippen molar-refractivity contribution in [3.63, 3.8) is 0 Å². The molecule has 1 heteroatoms. The van der Waals surface area contributed by atoms with Crippen LogP contribution in [0, 0.1) is 20.8 Å². The number of hydrogen-bond donors (Lipinski definition) is 0. The molecule has 0 aromatic heterocycles. The minimum Gasteiger partial charge on any atom is -0.496 e. The van der Waals surface area contributed by atoms with E-state index in [-0.39, 0.29) is 7.43 Å². The highest BCUT2D eigenvalue weighted by atomic mass is 16.5. The van der Waals surface area contributed by atoms with Crippen molar-refractivity contribution in [3.05, 3.63) is 77.4 Å². The lowest BCUT2D eigenvalue weighted by Crippen LogP contribution is -1.97. The molecule has 26 heavy (non-hydrogen) atoms. The highest BCUT2D eigenvalue weighted by Gasteiger charge is 2.18. The maximum Gasteiger partial charge on any atom is 0.130 e. The average molecular weight is 342 g/mol. The number of benzene rings is 4. The van der Waals surface area contributed by atoms with Gasteiger partial charge >= 0.3 is 0 Å². The second kappa shape index (κ2) is 6.84. The van der Waals surface area contributed by atoms with E-state index in [1.165, 1.54) is 49.4 Å². The van der Waals surface area contributed by atoms with Crippen LogP contribution in [0.5, 0.6) is 5.75 Å². The topological polar surface area (TPSA) is 9.23 Å². The molecule has 0 N–H and O–H groups in total. The Balaban J connectivity index is 0.00000196. The minimum atomic E-state index is 0. The Bertz CT molecular complexity index is 1110. The molecule has 0 heterocycles. The van der Waals surface area contributed by atoms with Gasteiger partial charge in [-0.25, -0.2) is 0 Å². The first-order valence-corrected chi connectivity index (χ1v) is 8.67. The van der Waals surface area contributed by atoms with Crippen molar-refractivity contribution in [3.8, 4) is 16.9 Å². The van der Waals surface area contributed by atoms with Gasteiger partial charge in [-0.3, -0.25) is 0 Å². The molecule has 0 fully saturated rings. The monoisotopic (exact) mass is 342 g/mol. The molecule has 132 valence electrons. The smallest absolute Gasteiger partial charge is 0.130 e. The summed E-state index contributed by atoms with van der Waals surface area (Å²) in [5, 5.41) is 5.04. The Kier molecular flexibility index (Phi) is 4.73. The summed E-state index contributed by atoms with van der Waals surface area (Å²) in [4.78, 5) is 0. The van der Waals surface area contributed by atoms with E-state index >= 15 is 0 Å². The van der Waals surface area contributed by atoms with Crippen LogP contribution in [0.3, 0.4) is 0 Å². The zero-order valence-corrected chi connectivity index (χ0v) is 15.2. The third-order valence-electron chi connectivity index (χ3n) is 5.21. The van der Waals surface area contributed by atoms with Crippen LogP contribution >= 0.6 is 0 Å². The third kappa shape index (κ3) is 2.64. The molecule has 0 radical (unpaired) electrons. The van der Waals surface area contributed by atoms with Gasteiger partial charge in [0, 0.05) is 5.56 Å². The molecule has 0 atom stereocenters. The summed E-state index contributed by atoms with van der Waals surface area (Å²) in [6.07, 6.45) is 0. The van der Waals surface area contributed by atoms with Crippen LogP contribution < -0.4 is 4.74 Å². The number of rotatable bonds is 2. The number of methoxy groups -OCH3 is 1. The van der Waals surface area contributed by atoms with Crippen molar-refractivity contribution in [2.45, 2.75) is 28.2 Å². The number of hydrogen-bond acceptors (Lipinski definition) is 1. The van der Waals surface area contributed by atoms with Gasteiger partial charge in [0.15, 0.2) is 0 Å². The standard InChI is InChI=1S/C24H22O.CH4/c1-15-13-18-9-5-7-11-20(18)22(17(15)3)23-21-12-8-6-10-19(21)14-16(2)24(23)25-4;/h5-14H,1-4H3;1H4. The Labute approximate surface area is 156 Å². The summed E-state index contributed by atoms with van der Waals surface area (Å²) in [6, 6.07) is 21.7. The van der Waals surface area contributed by atoms with E-state index in [0.29, 0.717) is 0 Å². The molecule has 0 saturated heterocycles. The van der Waals surface area contributed by atoms with E-state index in [1.54, 1.807) is 7.11 Å². The minimum absolute atomic E-state index is 0. The fourth-order valence-electron chi connectivity index (χ4n) is 3.89. The van der Waals surface area contributed by atoms with Crippen LogP contribution in [0.2, 0.25) is 0 Å². The van der Waals surface area contributed by atoms with Gasteiger partial charge in [-0.1, -0.05) is 62.0 Å². The van der Waals surface area contributed by atoms with E-state index in [1.807, 2.05) is 0 Å². The van der Waals surface area contributed by atoms with Crippen molar-refractivity contribution in [1.82, 2.24) is 0 Å². The lowest BCUT2D eigenvalue weighted by molar-refractivity contribution is 0.414. The average Bonchev–Trinajstić information content (AvgIpc) is 2.62. The van der Waals surface area contributed by atoms with Crippen molar-refractivity contribution in [1.29, 1.82) is 0 Å². The predicted molar refractivity (Wildman–Crippen MR) is 114 cm³/mol. The van der Waals surface area contributed by atoms with Crippen molar-refractivity contribution >= 4 is 21.5 Å². The summed E-state index contributed by atoms with van der Waals surface area (Å²) < 4.78 is 5.88. The molecule has 0 unspecified atom stereocenters. The van der Waals surface area contributed by atoms with E-state index in [9.17, 15) is 0 Å². The molecule has 0 aliphatic rings. The van der Waals surface area contributed by atoms with E-state index < -0.39 is 0 Å². The number of fused-ring (bicyclic) bond motifs is 2. The van der Waals surface area contributed by atoms with E-state index in [2.05, 4.69) is 81.4 Å². The predicted octanol–water partition coefficient (Wildman–Crippen LogP) is 7.23. The van der Waals surface area contributed by atoms with Crippen molar-refractivity contribution in [2.24, 2.45) is 0 Å². The first-order valence-electron chi connectivity index (χ1n) is 8.67. The molecule has 1 nitrogen and oxygen atoms in total. The summed E-state index contributed by atoms with van der Waals surface area (Å²) in [5.41, 5.74) is 6.28. The molecular formula is C25H26O. The fourth-order valence-corrected chi connectivity index (χ4v) is 3.89. The summed E-state index contributed by atoms with van der Waals surface area (Å²) in [7, 11) is 1.77. The van der Waals surface area contributed by atoms with Gasteiger partial charge in [-0.05, 0) is 70.6 Å². The molecular weight excluding hydrogens is 316 g/mol. The van der Waals surface area contributed by atoms with Gasteiger partial charge in [0.25, 0.3) is 0 Å². The van der Waals surface area contributed by atoms with E-state index in [0.717, 1.165) is 5.75 Å². The molecule has 4 rings (SSSR count). The maximum atomic E-state index is 5.88. The molecule has 0 bridgehead atoms. The molecule has 0 saturated carbocycles. The van der Waals surface area contributed by atoms with Gasteiger partial charge in [0.1, 0.15) is 5.75 Å². The quantitative estimate of drug-likeness (QED) is 0.373. The lowest BCUT2D eigenvalue weighted by atomic mass is 9.87. The normalized spacial score (nSPS) is 10.8. The molecule has 4 aromatic carbocycles. The molecule has 0 amide bonds. The SMILES string of the molecule is C.COc1c(C)cc2ccccc2c1-c1c(C)c(C)cc2ccccc12. The second-order valence-electron chi connectivity index (χ2n) is 6.74. The molecule has 0 aliphatic carbocycles. The van der Waals surface area contributed by atoms with Crippen LogP contribution in [0.15, 0.2) is 60.7 Å². The largest absolute Gasteiger partial charge is 0.496 e. The van der Waals surface area contributed by atoms with Crippen LogP contribution in [0.1, 0.15) is 24.1 Å². The van der Waals surface area contributed by atoms with Gasteiger partial charge in [-0.2, -0.15) is 0 Å². The number of aryl methyl sites for hydroxylation is 2. The Morgan fingerprint density at radius 3 is 1.73 bits per heavy atom. The zero-order chi connectivity index (χ0) is 17.6. The second-order valence-corrected chi connectivity index (χ2v) is 6.74. The van der Waals surface area contributed by atoms with Crippen LogP contribution in [0.4, 0.5) is 0 Å². The first-order chi connectivity index (χ1) is 12.1. The van der Waals surface area contributed by atoms with Crippen molar-refractivity contribution in [2.75, 3.05) is 7.11 Å². The summed E-state index contributed by atoms with van der Waals surface area (Å²) in [5.74, 6) is 0.970. The van der Waals surface area contributed by atoms with Crippen LogP contribution in [0.25, 0.3) is 32.7 Å². The molecule has 4 aromatic rings. The third-order valence-corrected chi connectivity index (χ3v) is 5.21. The fraction of sp³-hybridized carbons (Fsp3) is 0.200. The van der Waals surface area contributed by atoms with Crippen molar-refractivity contribution < 1.29 is 4.74 Å². The Morgan fingerprint density at radius 1 is 0.654 bits per heavy atom. The first kappa shape index (κ1) is 18.0. The van der Waals surface area contributed by atoms with Gasteiger partial charge < -0.3 is 4.74 Å². The van der Waals surface area contributed by atoms with Crippen LogP contribution in [-0.2, 0) is 0 Å². The maximum absolute atomic E-state index is 5.88. The van der Waals surface area contributed by atoms with Gasteiger partial charge in [0.2, 0.25) is 0 Å². The highest BCUT2D eigenvalue weighted by Crippen LogP contribution is 2.44. The molecule has 0 spiro atoms. The number of ether oxygens (including phenoxy) is 1. The Morgan fingerprint density at radius 2 is 1.15 bits per heavy atom. The summed E-state index contributed by atoms with van der Waals surface area (Å²) >= 11 is 0. The zero-order valence-electron chi connectivity index (χ0n) is 15.2. The molecule has 0 aliphatic heterocycles. The highest BCUT2D eigenvalue weighted by molar-refractivity contribution is 6.09. The Hall–Kier alpha value is -2.80. The summed E-state index contributed by atoms with van der Waals surface area (Å²) in [6.45, 7) is 6.53.